The zero-order valence-electron chi connectivity index (χ0n) is 4.67. The van der Waals surface area contributed by atoms with Gasteiger partial charge in [0, 0.05) is 0 Å². The molecule has 52 valence electrons. The Morgan fingerprint density at radius 3 is 2.00 bits per heavy atom. The van der Waals surface area contributed by atoms with Gasteiger partial charge in [-0.05, 0) is 22.6 Å². The summed E-state index contributed by atoms with van der Waals surface area (Å²) >= 11 is 2.02. The maximum absolute atomic E-state index is 5.45. The van der Waals surface area contributed by atoms with E-state index in [2.05, 4.69) is 0 Å². The van der Waals surface area contributed by atoms with Gasteiger partial charge in [-0.1, -0.05) is 0 Å². The highest BCUT2D eigenvalue weighted by Gasteiger charge is 2.25. The average Bonchev–Trinajstić information content (AvgIpc) is 1.98. The SMILES string of the molecule is NC1=C(I)C(N)OC1N. The van der Waals surface area contributed by atoms with Gasteiger partial charge >= 0.3 is 0 Å². The van der Waals surface area contributed by atoms with Gasteiger partial charge in [-0.3, -0.25) is 0 Å². The fraction of sp³-hybridized carbons (Fsp3) is 0.500. The van der Waals surface area contributed by atoms with E-state index in [9.17, 15) is 0 Å². The van der Waals surface area contributed by atoms with Crippen LogP contribution in [0, 0.1) is 0 Å². The molecule has 9 heavy (non-hydrogen) atoms. The van der Waals surface area contributed by atoms with Crippen molar-refractivity contribution in [1.29, 1.82) is 0 Å². The maximum atomic E-state index is 5.45. The van der Waals surface area contributed by atoms with Crippen molar-refractivity contribution in [2.45, 2.75) is 12.5 Å². The van der Waals surface area contributed by atoms with Crippen LogP contribution in [0.25, 0.3) is 0 Å². The van der Waals surface area contributed by atoms with Gasteiger partial charge in [0.2, 0.25) is 0 Å². The summed E-state index contributed by atoms with van der Waals surface area (Å²) in [5.74, 6) is 0. The third-order valence-electron chi connectivity index (χ3n) is 1.13. The molecular formula is C4H8IN3O. The second-order valence-electron chi connectivity index (χ2n) is 1.78. The minimum absolute atomic E-state index is 0.416. The fourth-order valence-corrected chi connectivity index (χ4v) is 1.04. The second kappa shape index (κ2) is 2.41. The monoisotopic (exact) mass is 241 g/mol. The molecule has 0 bridgehead atoms. The van der Waals surface area contributed by atoms with Crippen LogP contribution in [0.3, 0.4) is 0 Å². The number of ether oxygens (including phenoxy) is 1. The van der Waals surface area contributed by atoms with Crippen molar-refractivity contribution in [2.75, 3.05) is 0 Å². The molecule has 1 rings (SSSR count). The molecule has 4 nitrogen and oxygen atoms in total. The molecule has 2 atom stereocenters. The Balaban J connectivity index is 2.79. The predicted octanol–water partition coefficient (Wildman–Crippen LogP) is -0.808. The highest BCUT2D eigenvalue weighted by atomic mass is 127. The summed E-state index contributed by atoms with van der Waals surface area (Å²) in [5.41, 5.74) is 16.8. The number of hydrogen-bond donors (Lipinski definition) is 3. The average molecular weight is 241 g/mol. The molecule has 0 saturated carbocycles. The number of halogens is 1. The minimum Gasteiger partial charge on any atom is -0.398 e. The summed E-state index contributed by atoms with van der Waals surface area (Å²) in [6.45, 7) is 0. The van der Waals surface area contributed by atoms with Crippen LogP contribution in [0.5, 0.6) is 0 Å². The van der Waals surface area contributed by atoms with Crippen LogP contribution in [0.4, 0.5) is 0 Å². The van der Waals surface area contributed by atoms with E-state index < -0.39 is 12.5 Å². The lowest BCUT2D eigenvalue weighted by Crippen LogP contribution is -2.29. The van der Waals surface area contributed by atoms with E-state index in [4.69, 9.17) is 21.9 Å². The molecule has 1 aliphatic heterocycles. The summed E-state index contributed by atoms with van der Waals surface area (Å²) in [6, 6.07) is 0. The number of nitrogens with two attached hydrogens (primary N) is 3. The zero-order chi connectivity index (χ0) is 7.02. The first-order chi connectivity index (χ1) is 4.13. The minimum atomic E-state index is -0.508. The Hall–Kier alpha value is 0.150. The van der Waals surface area contributed by atoms with E-state index in [0.717, 1.165) is 3.58 Å². The quantitative estimate of drug-likeness (QED) is 0.484. The largest absolute Gasteiger partial charge is 0.398 e. The van der Waals surface area contributed by atoms with Crippen molar-refractivity contribution < 1.29 is 4.74 Å². The summed E-state index contributed by atoms with van der Waals surface area (Å²) < 4.78 is 5.74. The van der Waals surface area contributed by atoms with Gasteiger partial charge in [0.05, 0.1) is 9.28 Å². The fourth-order valence-electron chi connectivity index (χ4n) is 0.591. The van der Waals surface area contributed by atoms with E-state index in [-0.39, 0.29) is 0 Å². The molecule has 0 aliphatic carbocycles. The van der Waals surface area contributed by atoms with Crippen molar-refractivity contribution in [2.24, 2.45) is 17.2 Å². The highest BCUT2D eigenvalue weighted by molar-refractivity contribution is 14.1. The second-order valence-corrected chi connectivity index (χ2v) is 2.94. The molecule has 0 radical (unpaired) electrons. The van der Waals surface area contributed by atoms with Crippen molar-refractivity contribution in [1.82, 2.24) is 0 Å². The normalized spacial score (nSPS) is 35.9. The lowest BCUT2D eigenvalue weighted by atomic mass is 10.4. The van der Waals surface area contributed by atoms with Gasteiger partial charge in [0.15, 0.2) is 0 Å². The molecule has 0 spiro atoms. The first kappa shape index (κ1) is 7.26. The van der Waals surface area contributed by atoms with Gasteiger partial charge < -0.3 is 21.9 Å². The van der Waals surface area contributed by atoms with Crippen LogP contribution in [0.1, 0.15) is 0 Å². The molecule has 0 aromatic rings. The number of rotatable bonds is 0. The summed E-state index contributed by atoms with van der Waals surface area (Å²) in [7, 11) is 0. The standard InChI is InChI=1S/C4H8IN3O/c5-1-2(6)4(8)9-3(1)7/h3-4H,6-8H2. The van der Waals surface area contributed by atoms with E-state index in [1.807, 2.05) is 22.6 Å². The van der Waals surface area contributed by atoms with Crippen molar-refractivity contribution in [3.8, 4) is 0 Å². The van der Waals surface area contributed by atoms with E-state index in [1.54, 1.807) is 0 Å². The first-order valence-corrected chi connectivity index (χ1v) is 3.52. The van der Waals surface area contributed by atoms with E-state index >= 15 is 0 Å². The third kappa shape index (κ3) is 1.18. The molecule has 0 saturated heterocycles. The van der Waals surface area contributed by atoms with Gasteiger partial charge in [0.25, 0.3) is 0 Å². The lowest BCUT2D eigenvalue weighted by molar-refractivity contribution is 0.0634. The Labute approximate surface area is 66.5 Å². The number of hydrogen-bond acceptors (Lipinski definition) is 4. The molecule has 0 aromatic carbocycles. The lowest BCUT2D eigenvalue weighted by Gasteiger charge is -2.04. The Bertz CT molecular complexity index is 142. The van der Waals surface area contributed by atoms with Crippen molar-refractivity contribution in [3.63, 3.8) is 0 Å². The molecule has 0 aromatic heterocycles. The van der Waals surface area contributed by atoms with Crippen LogP contribution in [-0.2, 0) is 4.74 Å². The van der Waals surface area contributed by atoms with Gasteiger partial charge in [-0.25, -0.2) is 0 Å². The van der Waals surface area contributed by atoms with Crippen molar-refractivity contribution >= 4 is 22.6 Å². The predicted molar refractivity (Wildman–Crippen MR) is 42.3 cm³/mol. The molecule has 5 heteroatoms. The maximum Gasteiger partial charge on any atom is 0.149 e. The molecular weight excluding hydrogens is 233 g/mol. The van der Waals surface area contributed by atoms with Gasteiger partial charge in [-0.2, -0.15) is 0 Å². The van der Waals surface area contributed by atoms with E-state index in [1.165, 1.54) is 0 Å². The zero-order valence-corrected chi connectivity index (χ0v) is 6.83. The Morgan fingerprint density at radius 2 is 1.89 bits per heavy atom. The highest BCUT2D eigenvalue weighted by Crippen LogP contribution is 2.23. The van der Waals surface area contributed by atoms with Crippen molar-refractivity contribution in [3.05, 3.63) is 9.28 Å². The summed E-state index contributed by atoms with van der Waals surface area (Å²) in [4.78, 5) is 0. The smallest absolute Gasteiger partial charge is 0.149 e. The first-order valence-electron chi connectivity index (χ1n) is 2.44. The molecule has 2 unspecified atom stereocenters. The summed E-state index contributed by atoms with van der Waals surface area (Å²) in [6.07, 6.45) is -0.924. The van der Waals surface area contributed by atoms with Crippen LogP contribution in [-0.4, -0.2) is 12.5 Å². The molecule has 0 fully saturated rings. The van der Waals surface area contributed by atoms with E-state index in [0.29, 0.717) is 5.70 Å². The Morgan fingerprint density at radius 1 is 1.33 bits per heavy atom. The summed E-state index contributed by atoms with van der Waals surface area (Å²) in [5, 5.41) is 0. The topological polar surface area (TPSA) is 87.3 Å². The van der Waals surface area contributed by atoms with Crippen LogP contribution in [0.2, 0.25) is 0 Å². The third-order valence-corrected chi connectivity index (χ3v) is 2.36. The molecule has 1 aliphatic rings. The van der Waals surface area contributed by atoms with Crippen LogP contribution in [0.15, 0.2) is 9.28 Å². The molecule has 6 N–H and O–H groups in total. The van der Waals surface area contributed by atoms with Gasteiger partial charge in [-0.15, -0.1) is 0 Å². The Kier molecular flexibility index (Phi) is 1.94. The molecule has 1 heterocycles. The van der Waals surface area contributed by atoms with Gasteiger partial charge in [0.1, 0.15) is 12.5 Å². The van der Waals surface area contributed by atoms with Crippen LogP contribution < -0.4 is 17.2 Å². The van der Waals surface area contributed by atoms with Crippen LogP contribution >= 0.6 is 22.6 Å². The molecule has 0 amide bonds.